The number of rotatable bonds is 5. The van der Waals surface area contributed by atoms with E-state index in [9.17, 15) is 4.79 Å². The van der Waals surface area contributed by atoms with Gasteiger partial charge in [-0.15, -0.1) is 0 Å². The standard InChI is InChI=1S/C14H27N5O.C6H5Cl/c1-3-9-17-14(20)18(2)12-6-5-10-19(11-12)13(16)7-4-8-15;7-6-4-2-1-3-5-6/h4,7-8,12H,3,5-6,9-11,15-16H2,1-2H3,(H,17,20);1-5H/b8-4-,13-7+;. The molecule has 27 heavy (non-hydrogen) atoms. The summed E-state index contributed by atoms with van der Waals surface area (Å²) in [6, 6.07) is 9.62. The van der Waals surface area contributed by atoms with Crippen LogP contribution in [0.3, 0.4) is 0 Å². The Morgan fingerprint density at radius 2 is 2.11 bits per heavy atom. The number of hydrogen-bond acceptors (Lipinski definition) is 4. The SMILES string of the molecule is CCCNC(=O)N(C)C1CCCN(/C(N)=C/C=C\N)C1.Clc1ccccc1. The van der Waals surface area contributed by atoms with Crippen molar-refractivity contribution in [3.8, 4) is 0 Å². The Balaban J connectivity index is 0.000000433. The van der Waals surface area contributed by atoms with E-state index in [1.807, 2.05) is 44.3 Å². The minimum Gasteiger partial charge on any atom is -0.405 e. The maximum Gasteiger partial charge on any atom is 0.317 e. The summed E-state index contributed by atoms with van der Waals surface area (Å²) in [5, 5.41) is 3.70. The van der Waals surface area contributed by atoms with Gasteiger partial charge in [-0.1, -0.05) is 36.7 Å². The molecule has 0 aliphatic carbocycles. The topological polar surface area (TPSA) is 87.6 Å². The van der Waals surface area contributed by atoms with Crippen LogP contribution >= 0.6 is 11.6 Å². The fraction of sp³-hybridized carbons (Fsp3) is 0.450. The molecule has 1 aliphatic rings. The van der Waals surface area contributed by atoms with E-state index in [1.165, 1.54) is 6.20 Å². The highest BCUT2D eigenvalue weighted by atomic mass is 35.5. The van der Waals surface area contributed by atoms with Crippen molar-refractivity contribution in [1.82, 2.24) is 15.1 Å². The Morgan fingerprint density at radius 3 is 2.67 bits per heavy atom. The fourth-order valence-corrected chi connectivity index (χ4v) is 2.85. The maximum atomic E-state index is 12.0. The molecule has 2 rings (SSSR count). The molecule has 1 fully saturated rings. The molecule has 5 N–H and O–H groups in total. The Labute approximate surface area is 167 Å². The van der Waals surface area contributed by atoms with E-state index >= 15 is 0 Å². The molecule has 1 heterocycles. The number of urea groups is 1. The van der Waals surface area contributed by atoms with Crippen molar-refractivity contribution >= 4 is 17.6 Å². The number of carbonyl (C=O) groups excluding carboxylic acids is 1. The number of nitrogens with two attached hydrogens (primary N) is 2. The predicted octanol–water partition coefficient (Wildman–Crippen LogP) is 3.11. The van der Waals surface area contributed by atoms with Crippen LogP contribution in [0.5, 0.6) is 0 Å². The van der Waals surface area contributed by atoms with Gasteiger partial charge in [0, 0.05) is 31.7 Å². The van der Waals surface area contributed by atoms with Crippen molar-refractivity contribution in [2.75, 3.05) is 26.7 Å². The normalized spacial score (nSPS) is 17.2. The van der Waals surface area contributed by atoms with E-state index in [1.54, 1.807) is 17.1 Å². The average molecular weight is 394 g/mol. The van der Waals surface area contributed by atoms with Gasteiger partial charge in [-0.05, 0) is 49.7 Å². The van der Waals surface area contributed by atoms with E-state index in [-0.39, 0.29) is 12.1 Å². The van der Waals surface area contributed by atoms with Crippen molar-refractivity contribution in [2.24, 2.45) is 11.5 Å². The number of allylic oxidation sites excluding steroid dienone is 2. The van der Waals surface area contributed by atoms with Gasteiger partial charge in [0.15, 0.2) is 0 Å². The molecular formula is C20H32ClN5O. The van der Waals surface area contributed by atoms with Crippen LogP contribution in [0.2, 0.25) is 5.02 Å². The first kappa shape index (κ1) is 22.7. The molecule has 1 aliphatic heterocycles. The first-order chi connectivity index (χ1) is 13.0. The van der Waals surface area contributed by atoms with Crippen molar-refractivity contribution < 1.29 is 4.79 Å². The third-order valence-corrected chi connectivity index (χ3v) is 4.52. The van der Waals surface area contributed by atoms with Crippen LogP contribution in [0.4, 0.5) is 4.79 Å². The van der Waals surface area contributed by atoms with Crippen molar-refractivity contribution in [3.05, 3.63) is 59.5 Å². The Morgan fingerprint density at radius 1 is 1.41 bits per heavy atom. The predicted molar refractivity (Wildman–Crippen MR) is 113 cm³/mol. The minimum atomic E-state index is -0.0110. The van der Waals surface area contributed by atoms with Crippen LogP contribution in [0.1, 0.15) is 26.2 Å². The molecule has 7 heteroatoms. The second-order valence-corrected chi connectivity index (χ2v) is 6.79. The number of hydrogen-bond donors (Lipinski definition) is 3. The highest BCUT2D eigenvalue weighted by Crippen LogP contribution is 2.17. The number of carbonyl (C=O) groups is 1. The molecule has 1 atom stereocenters. The summed E-state index contributed by atoms with van der Waals surface area (Å²) in [6.45, 7) is 4.43. The van der Waals surface area contributed by atoms with Crippen LogP contribution in [-0.4, -0.2) is 48.6 Å². The van der Waals surface area contributed by atoms with Gasteiger partial charge in [0.2, 0.25) is 0 Å². The van der Waals surface area contributed by atoms with Crippen molar-refractivity contribution in [1.29, 1.82) is 0 Å². The zero-order chi connectivity index (χ0) is 20.1. The number of likely N-dealkylation sites (N-methyl/N-ethyl adjacent to an activating group) is 1. The molecule has 1 aromatic rings. The molecule has 1 aromatic carbocycles. The average Bonchev–Trinajstić information content (AvgIpc) is 2.70. The summed E-state index contributed by atoms with van der Waals surface area (Å²) in [6.07, 6.45) is 7.94. The Bertz CT molecular complexity index is 606. The molecule has 0 aromatic heterocycles. The number of nitrogens with zero attached hydrogens (tertiary/aromatic N) is 2. The molecule has 1 unspecified atom stereocenters. The summed E-state index contributed by atoms with van der Waals surface area (Å²) in [7, 11) is 1.85. The van der Waals surface area contributed by atoms with Gasteiger partial charge in [-0.25, -0.2) is 4.79 Å². The number of likely N-dealkylation sites (tertiary alicyclic amines) is 1. The smallest absolute Gasteiger partial charge is 0.317 e. The van der Waals surface area contributed by atoms with E-state index in [4.69, 9.17) is 23.1 Å². The van der Waals surface area contributed by atoms with Crippen LogP contribution in [0, 0.1) is 0 Å². The summed E-state index contributed by atoms with van der Waals surface area (Å²) in [4.78, 5) is 15.9. The van der Waals surface area contributed by atoms with Gasteiger partial charge in [-0.3, -0.25) is 0 Å². The zero-order valence-corrected chi connectivity index (χ0v) is 17.0. The first-order valence-electron chi connectivity index (χ1n) is 9.29. The summed E-state index contributed by atoms with van der Waals surface area (Å²) < 4.78 is 0. The molecule has 150 valence electrons. The molecule has 0 bridgehead atoms. The van der Waals surface area contributed by atoms with Gasteiger partial charge < -0.3 is 26.6 Å². The third-order valence-electron chi connectivity index (χ3n) is 4.27. The number of benzene rings is 1. The Kier molecular flexibility index (Phi) is 10.9. The van der Waals surface area contributed by atoms with Crippen LogP contribution in [0.15, 0.2) is 54.5 Å². The lowest BCUT2D eigenvalue weighted by molar-refractivity contribution is 0.143. The lowest BCUT2D eigenvalue weighted by Gasteiger charge is -2.38. The van der Waals surface area contributed by atoms with Crippen LogP contribution in [0.25, 0.3) is 0 Å². The van der Waals surface area contributed by atoms with Crippen LogP contribution in [-0.2, 0) is 0 Å². The highest BCUT2D eigenvalue weighted by Gasteiger charge is 2.26. The van der Waals surface area contributed by atoms with Gasteiger partial charge in [0.1, 0.15) is 0 Å². The quantitative estimate of drug-likeness (QED) is 0.670. The van der Waals surface area contributed by atoms with Gasteiger partial charge in [-0.2, -0.15) is 0 Å². The zero-order valence-electron chi connectivity index (χ0n) is 16.3. The molecular weight excluding hydrogens is 362 g/mol. The lowest BCUT2D eigenvalue weighted by atomic mass is 10.0. The number of nitrogens with one attached hydrogen (secondary N) is 1. The number of piperidine rings is 1. The van der Waals surface area contributed by atoms with E-state index in [2.05, 4.69) is 10.2 Å². The number of halogens is 1. The second kappa shape index (κ2) is 12.9. The fourth-order valence-electron chi connectivity index (χ4n) is 2.70. The molecule has 0 radical (unpaired) electrons. The van der Waals surface area contributed by atoms with Crippen molar-refractivity contribution in [3.63, 3.8) is 0 Å². The molecule has 0 spiro atoms. The van der Waals surface area contributed by atoms with E-state index in [0.29, 0.717) is 12.4 Å². The molecule has 1 saturated heterocycles. The van der Waals surface area contributed by atoms with E-state index in [0.717, 1.165) is 37.4 Å². The summed E-state index contributed by atoms with van der Waals surface area (Å²) >= 11 is 5.54. The molecule has 0 saturated carbocycles. The molecule has 6 nitrogen and oxygen atoms in total. The van der Waals surface area contributed by atoms with Gasteiger partial charge in [0.05, 0.1) is 11.9 Å². The highest BCUT2D eigenvalue weighted by molar-refractivity contribution is 6.30. The van der Waals surface area contributed by atoms with Crippen LogP contribution < -0.4 is 16.8 Å². The first-order valence-corrected chi connectivity index (χ1v) is 9.67. The third kappa shape index (κ3) is 8.73. The number of amides is 2. The summed E-state index contributed by atoms with van der Waals surface area (Å²) in [5.41, 5.74) is 11.3. The van der Waals surface area contributed by atoms with Gasteiger partial charge in [0.25, 0.3) is 0 Å². The lowest BCUT2D eigenvalue weighted by Crippen LogP contribution is -2.51. The van der Waals surface area contributed by atoms with Gasteiger partial charge >= 0.3 is 6.03 Å². The molecule has 2 amide bonds. The Hall–Kier alpha value is -2.34. The monoisotopic (exact) mass is 393 g/mol. The van der Waals surface area contributed by atoms with Crippen molar-refractivity contribution in [2.45, 2.75) is 32.2 Å². The maximum absolute atomic E-state index is 12.0. The summed E-state index contributed by atoms with van der Waals surface area (Å²) in [5.74, 6) is 0.693. The van der Waals surface area contributed by atoms with E-state index < -0.39 is 0 Å². The second-order valence-electron chi connectivity index (χ2n) is 6.36. The largest absolute Gasteiger partial charge is 0.405 e. The minimum absolute atomic E-state index is 0.0110.